The second-order valence-electron chi connectivity index (χ2n) is 16.6. The van der Waals surface area contributed by atoms with Gasteiger partial charge in [-0.05, 0) is 66.4 Å². The number of halogens is 1. The topological polar surface area (TPSA) is 232 Å². The van der Waals surface area contributed by atoms with Gasteiger partial charge in [0, 0.05) is 29.2 Å². The van der Waals surface area contributed by atoms with Gasteiger partial charge in [0.1, 0.15) is 26.0 Å². The van der Waals surface area contributed by atoms with Crippen LogP contribution in [0.3, 0.4) is 0 Å². The van der Waals surface area contributed by atoms with E-state index >= 15 is 4.39 Å². The maximum Gasteiger partial charge on any atom is 0.338 e. The number of sulfone groups is 1. The molecule has 0 saturated carbocycles. The highest BCUT2D eigenvalue weighted by Gasteiger charge is 2.53. The Hall–Kier alpha value is -5.28. The fraction of sp³-hybridized carbons (Fsp3) is 0.400. The highest BCUT2D eigenvalue weighted by Crippen LogP contribution is 2.50. The first kappa shape index (κ1) is 48.2. The third-order valence-corrected chi connectivity index (χ3v) is 14.5. The number of urea groups is 1. The van der Waals surface area contributed by atoms with Gasteiger partial charge < -0.3 is 30.0 Å². The van der Waals surface area contributed by atoms with Crippen LogP contribution in [0.5, 0.6) is 0 Å². The number of amides is 2. The van der Waals surface area contributed by atoms with E-state index in [1.54, 1.807) is 30.3 Å². The van der Waals surface area contributed by atoms with Crippen LogP contribution in [0.15, 0.2) is 108 Å². The average Bonchev–Trinajstić information content (AvgIpc) is 3.31. The Labute approximate surface area is 371 Å². The number of hydrogen-bond donors (Lipinski definition) is 5. The molecule has 2 aliphatic heterocycles. The number of fused-ring (bicyclic) bond motifs is 1. The van der Waals surface area contributed by atoms with Crippen LogP contribution in [0.2, 0.25) is 0 Å². The van der Waals surface area contributed by atoms with Gasteiger partial charge in [-0.2, -0.15) is 13.1 Å². The number of quaternary nitrogens is 1. The highest BCUT2D eigenvalue weighted by molar-refractivity contribution is 7.91. The molecule has 2 amide bonds. The lowest BCUT2D eigenvalue weighted by molar-refractivity contribution is -0.203. The molecular formula is C45H53FN3O13S2+. The van der Waals surface area contributed by atoms with Gasteiger partial charge in [-0.25, -0.2) is 32.4 Å². The van der Waals surface area contributed by atoms with Gasteiger partial charge in [-0.3, -0.25) is 4.55 Å². The smallest absolute Gasteiger partial charge is 0.338 e. The zero-order chi connectivity index (χ0) is 46.6. The van der Waals surface area contributed by atoms with Gasteiger partial charge in [0.25, 0.3) is 10.1 Å². The van der Waals surface area contributed by atoms with Crippen LogP contribution in [0.4, 0.5) is 20.6 Å². The van der Waals surface area contributed by atoms with Crippen LogP contribution in [-0.4, -0.2) is 112 Å². The minimum atomic E-state index is -4.94. The quantitative estimate of drug-likeness (QED) is 0.0421. The standard InChI is InChI=1S/C45H52FN3O13S2/c1-5-7-23-45(6-2)27-63(55,56)35-22-21-32(49(3,4)54)25-33(35)36(40(45)50)30-19-14-20-31(24-30)47-44(53)48-41-39(62-43(52)29-17-12-9-13-18-29)38(37(46)34(60-41)26-64(57,58)59)61-42(51)28-15-10-8-11-16-28/h8-22,24-25,34,36-41,50,54H,5-7,23,26-27H2,1-4H3,(H2-,47,48,53,57,58,59)/p+1/t34-,36-,37-,38+,39-,40-,41-,45-/m1/s1. The predicted octanol–water partition coefficient (Wildman–Crippen LogP) is 6.03. The number of unbranched alkanes of at least 4 members (excludes halogenated alkanes) is 1. The van der Waals surface area contributed by atoms with Crippen molar-refractivity contribution < 1.29 is 64.7 Å². The number of aliphatic hydroxyl groups is 1. The van der Waals surface area contributed by atoms with Crippen molar-refractivity contribution in [2.45, 2.75) is 87.2 Å². The van der Waals surface area contributed by atoms with E-state index in [0.717, 1.165) is 6.42 Å². The van der Waals surface area contributed by atoms with Gasteiger partial charge in [-0.15, -0.1) is 0 Å². The number of rotatable bonds is 14. The van der Waals surface area contributed by atoms with Crippen LogP contribution in [0.1, 0.15) is 77.3 Å². The maximum atomic E-state index is 16.4. The second kappa shape index (κ2) is 19.4. The van der Waals surface area contributed by atoms with Crippen molar-refractivity contribution in [2.75, 3.05) is 30.9 Å². The summed E-state index contributed by atoms with van der Waals surface area (Å²) in [6.07, 6.45) is -9.61. The number of hydroxylamine groups is 2. The van der Waals surface area contributed by atoms with Crippen molar-refractivity contribution in [2.24, 2.45) is 5.41 Å². The van der Waals surface area contributed by atoms with Gasteiger partial charge in [0.05, 0.1) is 27.9 Å². The molecule has 16 nitrogen and oxygen atoms in total. The van der Waals surface area contributed by atoms with Gasteiger partial charge in [0.15, 0.2) is 40.1 Å². The van der Waals surface area contributed by atoms with E-state index in [-0.39, 0.29) is 33.0 Å². The van der Waals surface area contributed by atoms with Crippen molar-refractivity contribution in [3.63, 3.8) is 0 Å². The van der Waals surface area contributed by atoms with Crippen LogP contribution in [0.25, 0.3) is 0 Å². The Morgan fingerprint density at radius 1 is 0.891 bits per heavy atom. The molecule has 0 aromatic heterocycles. The van der Waals surface area contributed by atoms with E-state index < -0.39 is 96.5 Å². The summed E-state index contributed by atoms with van der Waals surface area (Å²) in [5.41, 5.74) is 0.00112. The lowest BCUT2D eigenvalue weighted by Crippen LogP contribution is -2.65. The molecule has 64 heavy (non-hydrogen) atoms. The van der Waals surface area contributed by atoms with E-state index in [4.69, 9.17) is 14.2 Å². The minimum absolute atomic E-state index is 0.00315. The first-order valence-electron chi connectivity index (χ1n) is 20.7. The number of nitrogens with zero attached hydrogens (tertiary/aromatic N) is 1. The molecule has 19 heteroatoms. The van der Waals surface area contributed by atoms with Crippen molar-refractivity contribution in [1.82, 2.24) is 9.96 Å². The monoisotopic (exact) mass is 926 g/mol. The molecule has 0 aliphatic carbocycles. The Kier molecular flexibility index (Phi) is 14.6. The number of alkyl halides is 1. The number of ether oxygens (including phenoxy) is 3. The van der Waals surface area contributed by atoms with Gasteiger partial charge in [-0.1, -0.05) is 75.2 Å². The first-order chi connectivity index (χ1) is 30.2. The van der Waals surface area contributed by atoms with E-state index in [1.165, 1.54) is 86.9 Å². The molecule has 0 bridgehead atoms. The van der Waals surface area contributed by atoms with Crippen molar-refractivity contribution >= 4 is 49.3 Å². The Morgan fingerprint density at radius 2 is 1.50 bits per heavy atom. The van der Waals surface area contributed by atoms with Crippen LogP contribution in [-0.2, 0) is 34.2 Å². The third-order valence-electron chi connectivity index (χ3n) is 11.7. The molecule has 0 unspecified atom stereocenters. The van der Waals surface area contributed by atoms with E-state index in [2.05, 4.69) is 10.6 Å². The summed E-state index contributed by atoms with van der Waals surface area (Å²) in [7, 11) is -5.92. The van der Waals surface area contributed by atoms with E-state index in [9.17, 15) is 46.1 Å². The summed E-state index contributed by atoms with van der Waals surface area (Å²) in [6, 6.07) is 24.6. The fourth-order valence-corrected chi connectivity index (χ4v) is 11.3. The van der Waals surface area contributed by atoms with Crippen LogP contribution >= 0.6 is 0 Å². The first-order valence-corrected chi connectivity index (χ1v) is 24.0. The molecule has 0 radical (unpaired) electrons. The van der Waals surface area contributed by atoms with Gasteiger partial charge >= 0.3 is 18.0 Å². The third kappa shape index (κ3) is 11.0. The summed E-state index contributed by atoms with van der Waals surface area (Å²) in [5, 5.41) is 28.4. The van der Waals surface area contributed by atoms with E-state index in [0.29, 0.717) is 30.5 Å². The molecule has 5 N–H and O–H groups in total. The highest BCUT2D eigenvalue weighted by atomic mass is 32.2. The normalized spacial score (nSPS) is 25.5. The molecule has 344 valence electrons. The summed E-state index contributed by atoms with van der Waals surface area (Å²) >= 11 is 0. The molecule has 2 aliphatic rings. The second-order valence-corrected chi connectivity index (χ2v) is 20.1. The number of carbonyl (C=O) groups excluding carboxylic acids is 3. The van der Waals surface area contributed by atoms with Crippen molar-refractivity contribution in [1.29, 1.82) is 0 Å². The molecule has 0 spiro atoms. The van der Waals surface area contributed by atoms with Crippen molar-refractivity contribution in [3.8, 4) is 0 Å². The van der Waals surface area contributed by atoms with Crippen LogP contribution < -0.4 is 15.3 Å². The Morgan fingerprint density at radius 3 is 2.06 bits per heavy atom. The number of anilines is 1. The maximum absolute atomic E-state index is 16.4. The molecule has 6 rings (SSSR count). The number of benzene rings is 4. The molecular weight excluding hydrogens is 874 g/mol. The lowest BCUT2D eigenvalue weighted by atomic mass is 9.69. The Bertz CT molecular complexity index is 2540. The zero-order valence-electron chi connectivity index (χ0n) is 35.7. The van der Waals surface area contributed by atoms with Crippen molar-refractivity contribution in [3.05, 3.63) is 125 Å². The molecule has 1 saturated heterocycles. The molecule has 4 aromatic rings. The Balaban J connectivity index is 1.37. The fourth-order valence-electron chi connectivity index (χ4n) is 8.33. The summed E-state index contributed by atoms with van der Waals surface area (Å²) in [6.45, 7) is 3.80. The number of nitrogens with one attached hydrogen (secondary N) is 2. The lowest BCUT2D eigenvalue weighted by Gasteiger charge is -2.42. The van der Waals surface area contributed by atoms with Crippen LogP contribution in [0, 0.1) is 5.41 Å². The molecule has 4 aromatic carbocycles. The number of carbonyl (C=O) groups is 3. The largest absolute Gasteiger partial charge is 0.451 e. The SMILES string of the molecule is CCCC[C@]1(CC)CS(=O)(=O)c2ccc([N+](C)(C)O)cc2[C@@H](c2cccc(NC(=O)N[C@@H]3O[C@H](CS(=O)(=O)O)[C@@H](F)[C@H](OC(=O)c4ccccc4)[C@H]3OC(=O)c3ccccc3)c2)[C@H]1O. The summed E-state index contributed by atoms with van der Waals surface area (Å²) in [5.74, 6) is -4.75. The number of hydrogen-bond acceptors (Lipinski definition) is 12. The number of aliphatic hydroxyl groups excluding tert-OH is 1. The molecule has 2 heterocycles. The zero-order valence-corrected chi connectivity index (χ0v) is 37.3. The number of esters is 2. The summed E-state index contributed by atoms with van der Waals surface area (Å²) < 4.78 is 94.9. The summed E-state index contributed by atoms with van der Waals surface area (Å²) in [4.78, 5) is 40.7. The van der Waals surface area contributed by atoms with Gasteiger partial charge in [0.2, 0.25) is 0 Å². The average molecular weight is 927 g/mol. The molecule has 8 atom stereocenters. The molecule has 1 fully saturated rings. The minimum Gasteiger partial charge on any atom is -0.451 e. The predicted molar refractivity (Wildman–Crippen MR) is 234 cm³/mol. The van der Waals surface area contributed by atoms with E-state index in [1.807, 2.05) is 13.8 Å².